The lowest BCUT2D eigenvalue weighted by Gasteiger charge is -2.16. The number of hydrogen-bond donors (Lipinski definition) is 2. The fourth-order valence-corrected chi connectivity index (χ4v) is 1.28. The first-order valence-corrected chi connectivity index (χ1v) is 5.10. The van der Waals surface area contributed by atoms with Crippen molar-refractivity contribution in [2.24, 2.45) is 0 Å². The van der Waals surface area contributed by atoms with Crippen LogP contribution in [0.4, 0.5) is 18.9 Å². The van der Waals surface area contributed by atoms with E-state index in [9.17, 15) is 18.0 Å². The van der Waals surface area contributed by atoms with Crippen LogP contribution < -0.4 is 15.8 Å². The Morgan fingerprint density at radius 2 is 2.06 bits per heavy atom. The third-order valence-corrected chi connectivity index (χ3v) is 2.26. The van der Waals surface area contributed by atoms with Gasteiger partial charge in [-0.1, -0.05) is 0 Å². The Kier molecular flexibility index (Phi) is 4.05. The van der Waals surface area contributed by atoms with E-state index >= 15 is 0 Å². The first-order chi connectivity index (χ1) is 8.25. The van der Waals surface area contributed by atoms with E-state index in [1.54, 1.807) is 0 Å². The molecule has 100 valence electrons. The van der Waals surface area contributed by atoms with Crippen LogP contribution in [0.15, 0.2) is 18.2 Å². The minimum atomic E-state index is -4.46. The van der Waals surface area contributed by atoms with Gasteiger partial charge in [-0.3, -0.25) is 4.79 Å². The summed E-state index contributed by atoms with van der Waals surface area (Å²) in [6, 6.07) is 2.71. The molecule has 0 spiro atoms. The maximum absolute atomic E-state index is 12.4. The summed E-state index contributed by atoms with van der Waals surface area (Å²) in [5, 5.41) is 2.36. The molecule has 0 fully saturated rings. The number of halogens is 3. The minimum Gasteiger partial charge on any atom is -0.479 e. The van der Waals surface area contributed by atoms with Gasteiger partial charge in [0.05, 0.1) is 11.3 Å². The quantitative estimate of drug-likeness (QED) is 0.816. The van der Waals surface area contributed by atoms with Crippen LogP contribution in [-0.4, -0.2) is 19.1 Å². The summed E-state index contributed by atoms with van der Waals surface area (Å²) < 4.78 is 42.3. The van der Waals surface area contributed by atoms with Crippen molar-refractivity contribution in [3.8, 4) is 5.75 Å². The van der Waals surface area contributed by atoms with Gasteiger partial charge in [0.2, 0.25) is 0 Å². The molecule has 1 amide bonds. The van der Waals surface area contributed by atoms with Crippen molar-refractivity contribution in [2.75, 3.05) is 12.8 Å². The van der Waals surface area contributed by atoms with E-state index in [1.807, 2.05) is 0 Å². The van der Waals surface area contributed by atoms with Gasteiger partial charge >= 0.3 is 6.18 Å². The van der Waals surface area contributed by atoms with Crippen molar-refractivity contribution in [3.63, 3.8) is 0 Å². The fraction of sp³-hybridized carbons (Fsp3) is 0.364. The third kappa shape index (κ3) is 3.28. The summed E-state index contributed by atoms with van der Waals surface area (Å²) in [5.74, 6) is -0.353. The molecule has 0 aliphatic rings. The molecule has 7 heteroatoms. The van der Waals surface area contributed by atoms with Crippen molar-refractivity contribution in [3.05, 3.63) is 23.8 Å². The second-order valence-corrected chi connectivity index (χ2v) is 3.62. The average molecular weight is 262 g/mol. The van der Waals surface area contributed by atoms with Crippen molar-refractivity contribution >= 4 is 11.6 Å². The van der Waals surface area contributed by atoms with E-state index in [-0.39, 0.29) is 11.4 Å². The van der Waals surface area contributed by atoms with Crippen LogP contribution in [0.3, 0.4) is 0 Å². The third-order valence-electron chi connectivity index (χ3n) is 2.26. The van der Waals surface area contributed by atoms with Crippen LogP contribution in [0.2, 0.25) is 0 Å². The van der Waals surface area contributed by atoms with Crippen LogP contribution in [-0.2, 0) is 11.0 Å². The van der Waals surface area contributed by atoms with Gasteiger partial charge < -0.3 is 15.8 Å². The van der Waals surface area contributed by atoms with Crippen molar-refractivity contribution in [2.45, 2.75) is 19.2 Å². The molecule has 0 saturated carbocycles. The van der Waals surface area contributed by atoms with Crippen LogP contribution >= 0.6 is 0 Å². The monoisotopic (exact) mass is 262 g/mol. The number of nitrogen functional groups attached to an aromatic ring is 1. The molecular weight excluding hydrogens is 249 g/mol. The summed E-state index contributed by atoms with van der Waals surface area (Å²) in [7, 11) is 1.43. The summed E-state index contributed by atoms with van der Waals surface area (Å²) in [4.78, 5) is 11.2. The van der Waals surface area contributed by atoms with E-state index < -0.39 is 23.8 Å². The van der Waals surface area contributed by atoms with Gasteiger partial charge in [-0.2, -0.15) is 13.2 Å². The molecule has 0 heterocycles. The van der Waals surface area contributed by atoms with Gasteiger partial charge in [-0.15, -0.1) is 0 Å². The summed E-state index contributed by atoms with van der Waals surface area (Å²) >= 11 is 0. The zero-order chi connectivity index (χ0) is 13.9. The Balaban J connectivity index is 2.90. The van der Waals surface area contributed by atoms with Crippen LogP contribution in [0, 0.1) is 0 Å². The topological polar surface area (TPSA) is 64.3 Å². The lowest BCUT2D eigenvalue weighted by atomic mass is 10.2. The normalized spacial score (nSPS) is 12.9. The first kappa shape index (κ1) is 14.1. The van der Waals surface area contributed by atoms with Crippen LogP contribution in [0.5, 0.6) is 5.75 Å². The zero-order valence-corrected chi connectivity index (χ0v) is 9.84. The highest BCUT2D eigenvalue weighted by Gasteiger charge is 2.31. The molecule has 0 aliphatic heterocycles. The summed E-state index contributed by atoms with van der Waals surface area (Å²) in [5.41, 5.74) is 4.42. The number of rotatable bonds is 3. The Labute approximate surface area is 102 Å². The molecule has 3 N–H and O–H groups in total. The number of likely N-dealkylation sites (N-methyl/N-ethyl adjacent to an activating group) is 1. The standard InChI is InChI=1S/C11H13F3N2O2/c1-6(10(17)16-2)18-9-4-3-7(5-8(9)15)11(12,13)14/h3-6H,15H2,1-2H3,(H,16,17). The Morgan fingerprint density at radius 3 is 2.50 bits per heavy atom. The van der Waals surface area contributed by atoms with E-state index in [0.717, 1.165) is 18.2 Å². The molecule has 1 rings (SSSR count). The van der Waals surface area contributed by atoms with E-state index in [1.165, 1.54) is 14.0 Å². The summed E-state index contributed by atoms with van der Waals surface area (Å²) in [6.45, 7) is 1.47. The largest absolute Gasteiger partial charge is 0.479 e. The maximum Gasteiger partial charge on any atom is 0.416 e. The predicted octanol–water partition coefficient (Wildman–Crippen LogP) is 1.80. The highest BCUT2D eigenvalue weighted by atomic mass is 19.4. The number of alkyl halides is 3. The van der Waals surface area contributed by atoms with Gasteiger partial charge in [-0.25, -0.2) is 0 Å². The number of anilines is 1. The van der Waals surface area contributed by atoms with Crippen molar-refractivity contribution in [1.82, 2.24) is 5.32 Å². The molecule has 1 aromatic carbocycles. The summed E-state index contributed by atoms with van der Waals surface area (Å²) in [6.07, 6.45) is -5.30. The molecule has 0 radical (unpaired) electrons. The molecule has 18 heavy (non-hydrogen) atoms. The van der Waals surface area contributed by atoms with Crippen LogP contribution in [0.25, 0.3) is 0 Å². The number of carbonyl (C=O) groups is 1. The smallest absolute Gasteiger partial charge is 0.416 e. The molecular formula is C11H13F3N2O2. The second-order valence-electron chi connectivity index (χ2n) is 3.62. The molecule has 0 aliphatic carbocycles. The Morgan fingerprint density at radius 1 is 1.44 bits per heavy atom. The first-order valence-electron chi connectivity index (χ1n) is 5.10. The molecule has 4 nitrogen and oxygen atoms in total. The van der Waals surface area contributed by atoms with E-state index in [0.29, 0.717) is 0 Å². The van der Waals surface area contributed by atoms with Crippen molar-refractivity contribution in [1.29, 1.82) is 0 Å². The Bertz CT molecular complexity index is 446. The molecule has 1 unspecified atom stereocenters. The molecule has 0 bridgehead atoms. The highest BCUT2D eigenvalue weighted by Crippen LogP contribution is 2.33. The number of hydrogen-bond acceptors (Lipinski definition) is 3. The van der Waals surface area contributed by atoms with Gasteiger partial charge in [0.25, 0.3) is 5.91 Å². The number of carbonyl (C=O) groups excluding carboxylic acids is 1. The van der Waals surface area contributed by atoms with Crippen LogP contribution in [0.1, 0.15) is 12.5 Å². The fourth-order valence-electron chi connectivity index (χ4n) is 1.28. The number of nitrogens with one attached hydrogen (secondary N) is 1. The second kappa shape index (κ2) is 5.16. The maximum atomic E-state index is 12.4. The molecule has 1 aromatic rings. The molecule has 1 atom stereocenters. The lowest BCUT2D eigenvalue weighted by molar-refractivity contribution is -0.137. The number of ether oxygens (including phenoxy) is 1. The average Bonchev–Trinajstić information content (AvgIpc) is 2.29. The zero-order valence-electron chi connectivity index (χ0n) is 9.84. The van der Waals surface area contributed by atoms with E-state index in [4.69, 9.17) is 10.5 Å². The number of nitrogens with two attached hydrogens (primary N) is 1. The minimum absolute atomic E-state index is 0.0408. The van der Waals surface area contributed by atoms with Gasteiger partial charge in [0.15, 0.2) is 6.10 Å². The van der Waals surface area contributed by atoms with Gasteiger partial charge in [0, 0.05) is 7.05 Å². The lowest BCUT2D eigenvalue weighted by Crippen LogP contribution is -2.33. The van der Waals surface area contributed by atoms with E-state index in [2.05, 4.69) is 5.32 Å². The predicted molar refractivity (Wildman–Crippen MR) is 60.0 cm³/mol. The number of amides is 1. The van der Waals surface area contributed by atoms with Gasteiger partial charge in [0.1, 0.15) is 5.75 Å². The molecule has 0 aromatic heterocycles. The molecule has 0 saturated heterocycles. The number of benzene rings is 1. The Hall–Kier alpha value is -1.92. The highest BCUT2D eigenvalue weighted by molar-refractivity contribution is 5.80. The SMILES string of the molecule is CNC(=O)C(C)Oc1ccc(C(F)(F)F)cc1N. The van der Waals surface area contributed by atoms with Crippen molar-refractivity contribution < 1.29 is 22.7 Å². The van der Waals surface area contributed by atoms with Gasteiger partial charge in [-0.05, 0) is 25.1 Å².